The Kier molecular flexibility index (Phi) is 5.27. The van der Waals surface area contributed by atoms with Crippen LogP contribution in [0.1, 0.15) is 76.2 Å². The number of amides is 1. The number of aromatic nitrogens is 3. The molecule has 2 saturated heterocycles. The highest BCUT2D eigenvalue weighted by atomic mass is 16.2. The summed E-state index contributed by atoms with van der Waals surface area (Å²) in [6.07, 6.45) is 4.51. The molecule has 0 spiro atoms. The normalized spacial score (nSPS) is 21.9. The van der Waals surface area contributed by atoms with Gasteiger partial charge in [0, 0.05) is 37.1 Å². The predicted octanol–water partition coefficient (Wildman–Crippen LogP) is 2.68. The Morgan fingerprint density at radius 2 is 1.96 bits per heavy atom. The Hall–Kier alpha value is -2.15. The molecule has 0 saturated carbocycles. The van der Waals surface area contributed by atoms with Gasteiger partial charge in [-0.05, 0) is 52.6 Å². The van der Waals surface area contributed by atoms with Crippen LogP contribution in [0.2, 0.25) is 0 Å². The van der Waals surface area contributed by atoms with E-state index in [-0.39, 0.29) is 17.5 Å². The number of hydrogen-bond acceptors (Lipinski definition) is 4. The van der Waals surface area contributed by atoms with Gasteiger partial charge in [0.15, 0.2) is 5.65 Å². The van der Waals surface area contributed by atoms with Gasteiger partial charge in [-0.15, -0.1) is 0 Å². The van der Waals surface area contributed by atoms with Crippen molar-refractivity contribution >= 4 is 11.6 Å². The molecule has 7 nitrogen and oxygen atoms in total. The number of rotatable bonds is 4. The molecule has 28 heavy (non-hydrogen) atoms. The Bertz CT molecular complexity index is 907. The molecule has 1 atom stereocenters. The van der Waals surface area contributed by atoms with Crippen molar-refractivity contribution in [3.8, 4) is 0 Å². The second-order valence-electron chi connectivity index (χ2n) is 8.43. The first-order chi connectivity index (χ1) is 13.5. The van der Waals surface area contributed by atoms with Gasteiger partial charge < -0.3 is 9.80 Å². The summed E-state index contributed by atoms with van der Waals surface area (Å²) < 4.78 is 1.52. The van der Waals surface area contributed by atoms with Crippen molar-refractivity contribution in [2.75, 3.05) is 19.6 Å². The maximum absolute atomic E-state index is 12.7. The van der Waals surface area contributed by atoms with E-state index in [0.29, 0.717) is 24.0 Å². The summed E-state index contributed by atoms with van der Waals surface area (Å²) in [4.78, 5) is 34.2. The largest absolute Gasteiger partial charge is 0.334 e. The van der Waals surface area contributed by atoms with E-state index in [0.717, 1.165) is 56.7 Å². The molecule has 152 valence electrons. The highest BCUT2D eigenvalue weighted by molar-refractivity contribution is 5.76. The van der Waals surface area contributed by atoms with Crippen LogP contribution in [0.3, 0.4) is 0 Å². The first kappa shape index (κ1) is 19.2. The van der Waals surface area contributed by atoms with E-state index in [1.165, 1.54) is 4.52 Å². The van der Waals surface area contributed by atoms with Gasteiger partial charge >= 0.3 is 0 Å². The second kappa shape index (κ2) is 7.70. The van der Waals surface area contributed by atoms with Gasteiger partial charge in [-0.3, -0.25) is 14.7 Å². The lowest BCUT2D eigenvalue weighted by molar-refractivity contribution is -0.131. The average Bonchev–Trinajstić information content (AvgIpc) is 3.34. The van der Waals surface area contributed by atoms with Gasteiger partial charge in [-0.1, -0.05) is 6.92 Å². The lowest BCUT2D eigenvalue weighted by Gasteiger charge is -2.34. The van der Waals surface area contributed by atoms with Gasteiger partial charge in [-0.25, -0.2) is 9.50 Å². The Morgan fingerprint density at radius 1 is 1.21 bits per heavy atom. The summed E-state index contributed by atoms with van der Waals surface area (Å²) in [5, 5.41) is 3.21. The lowest BCUT2D eigenvalue weighted by Crippen LogP contribution is -2.38. The molecule has 0 radical (unpaired) electrons. The number of fused-ring (bicyclic) bond motifs is 1. The van der Waals surface area contributed by atoms with Crippen molar-refractivity contribution in [1.29, 1.82) is 0 Å². The molecule has 0 aliphatic carbocycles. The maximum Gasteiger partial charge on any atom is 0.272 e. The highest BCUT2D eigenvalue weighted by Crippen LogP contribution is 2.32. The Morgan fingerprint density at radius 3 is 2.64 bits per heavy atom. The van der Waals surface area contributed by atoms with Gasteiger partial charge in [-0.2, -0.15) is 0 Å². The molecular weight excluding hydrogens is 354 g/mol. The van der Waals surface area contributed by atoms with Crippen LogP contribution in [0.4, 0.5) is 0 Å². The zero-order valence-electron chi connectivity index (χ0n) is 17.1. The summed E-state index contributed by atoms with van der Waals surface area (Å²) in [5.41, 5.74) is 2.42. The minimum atomic E-state index is -0.0658. The molecule has 1 N–H and O–H groups in total. The quantitative estimate of drug-likeness (QED) is 0.878. The van der Waals surface area contributed by atoms with E-state index in [9.17, 15) is 9.59 Å². The van der Waals surface area contributed by atoms with Crippen LogP contribution in [-0.2, 0) is 4.79 Å². The van der Waals surface area contributed by atoms with Gasteiger partial charge in [0.25, 0.3) is 5.56 Å². The van der Waals surface area contributed by atoms with Crippen molar-refractivity contribution in [3.05, 3.63) is 33.9 Å². The lowest BCUT2D eigenvalue weighted by atomic mass is 9.92. The Labute approximate surface area is 165 Å². The van der Waals surface area contributed by atoms with E-state index in [1.54, 1.807) is 6.07 Å². The third kappa shape index (κ3) is 3.48. The first-order valence-corrected chi connectivity index (χ1v) is 10.6. The minimum absolute atomic E-state index is 0.0197. The van der Waals surface area contributed by atoms with Gasteiger partial charge in [0.1, 0.15) is 0 Å². The second-order valence-corrected chi connectivity index (χ2v) is 8.43. The number of nitrogens with one attached hydrogen (secondary N) is 1. The number of nitrogens with zero attached hydrogens (tertiary/aromatic N) is 4. The molecular formula is C21H31N5O2. The molecule has 0 unspecified atom stereocenters. The number of H-pyrrole nitrogens is 1. The first-order valence-electron chi connectivity index (χ1n) is 10.6. The standard InChI is InChI=1S/C21H31N5O2/c1-4-20(27)25-9-5-6-18(25)17-12-19-22-16(13-21(28)26(19)23-17)15-7-10-24(11-8-15)14(2)3/h12-15,18,23H,4-11H2,1-3H3/t18-/m0/s1. The van der Waals surface area contributed by atoms with Crippen LogP contribution in [0.5, 0.6) is 0 Å². The Balaban J connectivity index is 1.60. The summed E-state index contributed by atoms with van der Waals surface area (Å²) in [6.45, 7) is 9.25. The third-order valence-electron chi connectivity index (χ3n) is 6.40. The number of carbonyl (C=O) groups is 1. The number of piperidine rings is 1. The van der Waals surface area contributed by atoms with Gasteiger partial charge in [0.05, 0.1) is 17.4 Å². The van der Waals surface area contributed by atoms with Crippen LogP contribution in [0.15, 0.2) is 16.9 Å². The fourth-order valence-corrected chi connectivity index (χ4v) is 4.71. The summed E-state index contributed by atoms with van der Waals surface area (Å²) in [5.74, 6) is 0.509. The molecule has 2 aromatic heterocycles. The monoisotopic (exact) mass is 385 g/mol. The topological polar surface area (TPSA) is 73.7 Å². The van der Waals surface area contributed by atoms with Crippen LogP contribution >= 0.6 is 0 Å². The summed E-state index contributed by atoms with van der Waals surface area (Å²) in [7, 11) is 0. The van der Waals surface area contributed by atoms with Crippen LogP contribution < -0.4 is 5.56 Å². The molecule has 0 bridgehead atoms. The summed E-state index contributed by atoms with van der Waals surface area (Å²) >= 11 is 0. The van der Waals surface area contributed by atoms with Crippen LogP contribution in [-0.4, -0.2) is 56.0 Å². The minimum Gasteiger partial charge on any atom is -0.334 e. The molecule has 0 aromatic carbocycles. The molecule has 4 rings (SSSR count). The molecule has 2 fully saturated rings. The zero-order valence-corrected chi connectivity index (χ0v) is 17.1. The van der Waals surface area contributed by atoms with E-state index in [4.69, 9.17) is 4.98 Å². The molecule has 2 aromatic rings. The van der Waals surface area contributed by atoms with Crippen molar-refractivity contribution in [2.24, 2.45) is 0 Å². The van der Waals surface area contributed by atoms with Crippen molar-refractivity contribution < 1.29 is 4.79 Å². The van der Waals surface area contributed by atoms with E-state index in [1.807, 2.05) is 17.9 Å². The van der Waals surface area contributed by atoms with Crippen molar-refractivity contribution in [3.63, 3.8) is 0 Å². The van der Waals surface area contributed by atoms with Crippen LogP contribution in [0, 0.1) is 0 Å². The number of carbonyl (C=O) groups excluding carboxylic acids is 1. The zero-order chi connectivity index (χ0) is 19.8. The molecule has 1 amide bonds. The number of aromatic amines is 1. The molecule has 4 heterocycles. The fraction of sp³-hybridized carbons (Fsp3) is 0.667. The van der Waals surface area contributed by atoms with E-state index >= 15 is 0 Å². The third-order valence-corrected chi connectivity index (χ3v) is 6.40. The average molecular weight is 386 g/mol. The maximum atomic E-state index is 12.7. The molecule has 2 aliphatic rings. The van der Waals surface area contributed by atoms with Crippen molar-refractivity contribution in [2.45, 2.75) is 70.9 Å². The van der Waals surface area contributed by atoms with Crippen molar-refractivity contribution in [1.82, 2.24) is 24.4 Å². The molecule has 7 heteroatoms. The van der Waals surface area contributed by atoms with Gasteiger partial charge in [0.2, 0.25) is 5.91 Å². The summed E-state index contributed by atoms with van der Waals surface area (Å²) in [6, 6.07) is 4.23. The predicted molar refractivity (Wildman–Crippen MR) is 108 cm³/mol. The van der Waals surface area contributed by atoms with Crippen LogP contribution in [0.25, 0.3) is 5.65 Å². The molecule has 2 aliphatic heterocycles. The van der Waals surface area contributed by atoms with E-state index < -0.39 is 0 Å². The SMILES string of the molecule is CCC(=O)N1CCC[C@H]1c1cc2nc(C3CCN(C(C)C)CC3)cc(=O)n2[nH]1. The number of hydrogen-bond donors (Lipinski definition) is 1. The highest BCUT2D eigenvalue weighted by Gasteiger charge is 2.31. The number of likely N-dealkylation sites (tertiary alicyclic amines) is 2. The fourth-order valence-electron chi connectivity index (χ4n) is 4.71. The van der Waals surface area contributed by atoms with E-state index in [2.05, 4.69) is 23.8 Å². The smallest absolute Gasteiger partial charge is 0.272 e.